The van der Waals surface area contributed by atoms with Gasteiger partial charge in [-0.05, 0) is 68.4 Å². The zero-order chi connectivity index (χ0) is 17.6. The van der Waals surface area contributed by atoms with Gasteiger partial charge in [0.2, 0.25) is 5.91 Å². The van der Waals surface area contributed by atoms with E-state index in [1.807, 2.05) is 12.1 Å². The summed E-state index contributed by atoms with van der Waals surface area (Å²) in [4.78, 5) is 21.7. The van der Waals surface area contributed by atoms with E-state index in [0.29, 0.717) is 12.5 Å². The number of carbonyl (C=O) groups is 1. The first-order valence-corrected chi connectivity index (χ1v) is 10.7. The van der Waals surface area contributed by atoms with E-state index in [9.17, 15) is 4.79 Å². The quantitative estimate of drug-likeness (QED) is 0.866. The second-order valence-corrected chi connectivity index (χ2v) is 9.51. The fraction of sp³-hybridized carbons (Fsp3) is 0.571. The molecule has 0 unspecified atom stereocenters. The molecular weight excluding hydrogens is 342 g/mol. The van der Waals surface area contributed by atoms with Gasteiger partial charge in [-0.2, -0.15) is 0 Å². The van der Waals surface area contributed by atoms with E-state index in [2.05, 4.69) is 15.7 Å². The van der Waals surface area contributed by atoms with Gasteiger partial charge in [-0.25, -0.2) is 4.98 Å². The fourth-order valence-electron chi connectivity index (χ4n) is 5.94. The molecule has 2 aromatic heterocycles. The largest absolute Gasteiger partial charge is 0.355 e. The van der Waals surface area contributed by atoms with Crippen LogP contribution in [0, 0.1) is 23.2 Å². The molecule has 0 spiro atoms. The van der Waals surface area contributed by atoms with Crippen molar-refractivity contribution in [1.82, 2.24) is 15.3 Å². The van der Waals surface area contributed by atoms with Gasteiger partial charge in [0, 0.05) is 41.7 Å². The predicted octanol–water partition coefficient (Wildman–Crippen LogP) is 4.08. The average molecular weight is 368 g/mol. The highest BCUT2D eigenvalue weighted by molar-refractivity contribution is 7.09. The fourth-order valence-corrected chi connectivity index (χ4v) is 6.75. The topological polar surface area (TPSA) is 54.9 Å². The molecule has 0 aliphatic heterocycles. The summed E-state index contributed by atoms with van der Waals surface area (Å²) in [5, 5.41) is 6.43. The molecule has 0 aromatic carbocycles. The summed E-state index contributed by atoms with van der Waals surface area (Å²) in [7, 11) is 0. The lowest BCUT2D eigenvalue weighted by atomic mass is 9.49. The van der Waals surface area contributed by atoms with Crippen LogP contribution in [0.4, 0.5) is 0 Å². The third-order valence-electron chi connectivity index (χ3n) is 6.67. The molecule has 4 bridgehead atoms. The number of hydrogen-bond donors (Lipinski definition) is 1. The van der Waals surface area contributed by atoms with Crippen LogP contribution in [0.25, 0.3) is 11.3 Å². The minimum atomic E-state index is -0.0418. The summed E-state index contributed by atoms with van der Waals surface area (Å²) in [5.41, 5.74) is 2.06. The number of nitrogens with one attached hydrogen (secondary N) is 1. The summed E-state index contributed by atoms with van der Waals surface area (Å²) in [6.07, 6.45) is 11.9. The SMILES string of the molecule is O=C(NCCc1nc(-c2ccncc2)cs1)C12CC3CC(CC(C3)C1)C2. The zero-order valence-corrected chi connectivity index (χ0v) is 15.8. The van der Waals surface area contributed by atoms with Crippen molar-refractivity contribution in [2.75, 3.05) is 6.54 Å². The first-order chi connectivity index (χ1) is 12.7. The van der Waals surface area contributed by atoms with Gasteiger partial charge in [-0.3, -0.25) is 9.78 Å². The first-order valence-electron chi connectivity index (χ1n) is 9.83. The van der Waals surface area contributed by atoms with Gasteiger partial charge in [-0.15, -0.1) is 11.3 Å². The van der Waals surface area contributed by atoms with E-state index in [1.54, 1.807) is 23.7 Å². The summed E-state index contributed by atoms with van der Waals surface area (Å²) in [5.74, 6) is 2.76. The number of rotatable bonds is 5. The zero-order valence-electron chi connectivity index (χ0n) is 15.0. The molecule has 0 atom stereocenters. The minimum absolute atomic E-state index is 0.0418. The predicted molar refractivity (Wildman–Crippen MR) is 103 cm³/mol. The van der Waals surface area contributed by atoms with E-state index in [4.69, 9.17) is 4.98 Å². The van der Waals surface area contributed by atoms with E-state index < -0.39 is 0 Å². The Bertz CT molecular complexity index is 765. The van der Waals surface area contributed by atoms with Crippen LogP contribution in [0.3, 0.4) is 0 Å². The lowest BCUT2D eigenvalue weighted by Crippen LogP contribution is -2.53. The number of pyridine rings is 1. The molecule has 1 amide bonds. The molecule has 26 heavy (non-hydrogen) atoms. The van der Waals surface area contributed by atoms with Crippen LogP contribution in [0.15, 0.2) is 29.9 Å². The van der Waals surface area contributed by atoms with Crippen molar-refractivity contribution < 1.29 is 4.79 Å². The van der Waals surface area contributed by atoms with E-state index >= 15 is 0 Å². The molecule has 2 aromatic rings. The Balaban J connectivity index is 1.19. The third kappa shape index (κ3) is 2.96. The Morgan fingerprint density at radius 1 is 1.12 bits per heavy atom. The minimum Gasteiger partial charge on any atom is -0.355 e. The van der Waals surface area contributed by atoms with Gasteiger partial charge in [0.1, 0.15) is 0 Å². The number of aromatic nitrogens is 2. The lowest BCUT2D eigenvalue weighted by molar-refractivity contribution is -0.146. The van der Waals surface area contributed by atoms with Crippen LogP contribution in [-0.2, 0) is 11.2 Å². The summed E-state index contributed by atoms with van der Waals surface area (Å²) >= 11 is 1.67. The molecule has 1 N–H and O–H groups in total. The number of amides is 1. The second-order valence-electron chi connectivity index (χ2n) is 8.57. The molecule has 4 aliphatic rings. The average Bonchev–Trinajstić information content (AvgIpc) is 3.10. The Morgan fingerprint density at radius 2 is 1.77 bits per heavy atom. The highest BCUT2D eigenvalue weighted by Crippen LogP contribution is 2.60. The molecule has 4 aliphatic carbocycles. The smallest absolute Gasteiger partial charge is 0.226 e. The van der Waals surface area contributed by atoms with Crippen LogP contribution >= 0.6 is 11.3 Å². The van der Waals surface area contributed by atoms with E-state index in [1.165, 1.54) is 19.3 Å². The summed E-state index contributed by atoms with van der Waals surface area (Å²) in [6.45, 7) is 0.698. The Hall–Kier alpha value is -1.75. The van der Waals surface area contributed by atoms with Crippen LogP contribution in [0.2, 0.25) is 0 Å². The molecule has 6 rings (SSSR count). The van der Waals surface area contributed by atoms with Crippen molar-refractivity contribution in [3.8, 4) is 11.3 Å². The summed E-state index contributed by atoms with van der Waals surface area (Å²) in [6, 6.07) is 3.96. The van der Waals surface area contributed by atoms with Gasteiger partial charge in [0.15, 0.2) is 0 Å². The van der Waals surface area contributed by atoms with Gasteiger partial charge in [-0.1, -0.05) is 0 Å². The van der Waals surface area contributed by atoms with Crippen molar-refractivity contribution in [2.45, 2.75) is 44.9 Å². The molecule has 0 radical (unpaired) electrons. The molecule has 2 heterocycles. The molecule has 4 nitrogen and oxygen atoms in total. The third-order valence-corrected chi connectivity index (χ3v) is 7.58. The lowest BCUT2D eigenvalue weighted by Gasteiger charge is -2.55. The Morgan fingerprint density at radius 3 is 2.42 bits per heavy atom. The highest BCUT2D eigenvalue weighted by Gasteiger charge is 2.54. The standard InChI is InChI=1S/C21H25N3OS/c25-20(21-10-14-7-15(11-21)9-16(8-14)12-21)23-6-3-19-24-18(13-26-19)17-1-4-22-5-2-17/h1-2,4-5,13-16H,3,6-12H2,(H,23,25). The maximum absolute atomic E-state index is 13.0. The highest BCUT2D eigenvalue weighted by atomic mass is 32.1. The molecule has 4 fully saturated rings. The number of thiazole rings is 1. The molecular formula is C21H25N3OS. The number of carbonyl (C=O) groups excluding carboxylic acids is 1. The molecule has 0 saturated heterocycles. The van der Waals surface area contributed by atoms with Gasteiger partial charge in [0.05, 0.1) is 10.7 Å². The van der Waals surface area contributed by atoms with Gasteiger partial charge < -0.3 is 5.32 Å². The second kappa shape index (κ2) is 6.45. The van der Waals surface area contributed by atoms with Crippen molar-refractivity contribution >= 4 is 17.2 Å². The number of nitrogens with zero attached hydrogens (tertiary/aromatic N) is 2. The maximum atomic E-state index is 13.0. The molecule has 5 heteroatoms. The molecule has 4 saturated carbocycles. The van der Waals surface area contributed by atoms with Crippen LogP contribution in [0.5, 0.6) is 0 Å². The van der Waals surface area contributed by atoms with E-state index in [0.717, 1.165) is 59.7 Å². The van der Waals surface area contributed by atoms with Crippen LogP contribution < -0.4 is 5.32 Å². The van der Waals surface area contributed by atoms with Crippen molar-refractivity contribution in [3.63, 3.8) is 0 Å². The monoisotopic (exact) mass is 367 g/mol. The number of hydrogen-bond acceptors (Lipinski definition) is 4. The van der Waals surface area contributed by atoms with E-state index in [-0.39, 0.29) is 5.41 Å². The normalized spacial score (nSPS) is 31.9. The van der Waals surface area contributed by atoms with Crippen LogP contribution in [0.1, 0.15) is 43.5 Å². The maximum Gasteiger partial charge on any atom is 0.226 e. The van der Waals surface area contributed by atoms with Crippen molar-refractivity contribution in [3.05, 3.63) is 34.9 Å². The molecule has 136 valence electrons. The van der Waals surface area contributed by atoms with Crippen LogP contribution in [-0.4, -0.2) is 22.4 Å². The first kappa shape index (κ1) is 16.4. The van der Waals surface area contributed by atoms with Crippen molar-refractivity contribution in [2.24, 2.45) is 23.2 Å². The van der Waals surface area contributed by atoms with Gasteiger partial charge >= 0.3 is 0 Å². The van der Waals surface area contributed by atoms with Crippen molar-refractivity contribution in [1.29, 1.82) is 0 Å². The Kier molecular flexibility index (Phi) is 4.07. The summed E-state index contributed by atoms with van der Waals surface area (Å²) < 4.78 is 0. The Labute approximate surface area is 158 Å². The van der Waals surface area contributed by atoms with Gasteiger partial charge in [0.25, 0.3) is 0 Å².